The second kappa shape index (κ2) is 59.6. The Hall–Kier alpha value is -1.92. The molecule has 0 rings (SSSR count). The summed E-state index contributed by atoms with van der Waals surface area (Å²) in [4.78, 5) is 24.5. The van der Waals surface area contributed by atoms with Gasteiger partial charge in [-0.05, 0) is 57.8 Å². The lowest BCUT2D eigenvalue weighted by Crippen LogP contribution is -2.45. The minimum absolute atomic E-state index is 0.00216. The molecule has 6 nitrogen and oxygen atoms in total. The van der Waals surface area contributed by atoms with Crippen LogP contribution in [-0.2, 0) is 14.3 Å². The van der Waals surface area contributed by atoms with E-state index in [1.165, 1.54) is 257 Å². The van der Waals surface area contributed by atoms with Gasteiger partial charge in [-0.2, -0.15) is 0 Å². The van der Waals surface area contributed by atoms with Gasteiger partial charge >= 0.3 is 5.97 Å². The van der Waals surface area contributed by atoms with Crippen molar-refractivity contribution < 1.29 is 24.5 Å². The molecule has 0 aliphatic heterocycles. The van der Waals surface area contributed by atoms with Crippen molar-refractivity contribution in [2.75, 3.05) is 13.2 Å². The summed E-state index contributed by atoms with van der Waals surface area (Å²) in [6.45, 7) is 4.84. The second-order valence-corrected chi connectivity index (χ2v) is 21.4. The monoisotopic (exact) mass is 984 g/mol. The number of rotatable bonds is 58. The number of esters is 1. The molecule has 6 heteroatoms. The van der Waals surface area contributed by atoms with Gasteiger partial charge in [0.05, 0.1) is 25.4 Å². The number of allylic oxidation sites excluding steroid dienone is 5. The first-order valence-corrected chi connectivity index (χ1v) is 31.3. The summed E-state index contributed by atoms with van der Waals surface area (Å²) >= 11 is 0. The van der Waals surface area contributed by atoms with Crippen LogP contribution >= 0.6 is 0 Å². The lowest BCUT2D eigenvalue weighted by Gasteiger charge is -2.20. The number of unbranched alkanes of at least 4 members (excludes halogenated alkanes) is 43. The normalized spacial score (nSPS) is 12.8. The van der Waals surface area contributed by atoms with Crippen LogP contribution in [0.15, 0.2) is 36.5 Å². The number of carbonyl (C=O) groups is 2. The molecule has 3 N–H and O–H groups in total. The van der Waals surface area contributed by atoms with Gasteiger partial charge in [-0.1, -0.05) is 301 Å². The van der Waals surface area contributed by atoms with Crippen LogP contribution in [0.3, 0.4) is 0 Å². The molecule has 0 heterocycles. The Morgan fingerprint density at radius 3 is 1.14 bits per heavy atom. The van der Waals surface area contributed by atoms with Gasteiger partial charge < -0.3 is 20.3 Å². The molecule has 0 radical (unpaired) electrons. The van der Waals surface area contributed by atoms with Gasteiger partial charge in [0.1, 0.15) is 0 Å². The van der Waals surface area contributed by atoms with Crippen LogP contribution in [0, 0.1) is 0 Å². The number of aliphatic hydroxyl groups excluding tert-OH is 2. The maximum Gasteiger partial charge on any atom is 0.305 e. The lowest BCUT2D eigenvalue weighted by atomic mass is 10.0. The third kappa shape index (κ3) is 55.4. The summed E-state index contributed by atoms with van der Waals surface area (Å²) in [7, 11) is 0. The number of hydrogen-bond donors (Lipinski definition) is 3. The first kappa shape index (κ1) is 68.1. The highest BCUT2D eigenvalue weighted by Crippen LogP contribution is 2.18. The number of nitrogens with one attached hydrogen (secondary N) is 1. The van der Waals surface area contributed by atoms with E-state index in [0.717, 1.165) is 51.4 Å². The van der Waals surface area contributed by atoms with E-state index in [4.69, 9.17) is 4.74 Å². The highest BCUT2D eigenvalue weighted by atomic mass is 16.5. The Morgan fingerprint density at radius 2 is 0.743 bits per heavy atom. The molecule has 0 aromatic carbocycles. The molecular weight excluding hydrogens is 863 g/mol. The molecule has 0 aliphatic rings. The van der Waals surface area contributed by atoms with E-state index >= 15 is 0 Å². The molecule has 0 saturated heterocycles. The van der Waals surface area contributed by atoms with Crippen LogP contribution in [0.1, 0.15) is 335 Å². The number of carbonyl (C=O) groups excluding carboxylic acids is 2. The van der Waals surface area contributed by atoms with Crippen LogP contribution in [0.4, 0.5) is 0 Å². The minimum atomic E-state index is -0.842. The molecule has 0 saturated carbocycles. The van der Waals surface area contributed by atoms with Crippen molar-refractivity contribution in [2.24, 2.45) is 0 Å². The highest BCUT2D eigenvalue weighted by Gasteiger charge is 2.18. The minimum Gasteiger partial charge on any atom is -0.466 e. The average Bonchev–Trinajstić information content (AvgIpc) is 3.36. The van der Waals surface area contributed by atoms with Gasteiger partial charge in [0.15, 0.2) is 0 Å². The SMILES string of the molecule is CCC/C=C\C/C=C\CCCCCCCC(=O)OCCCCCCCCCCCCCCCCCCCCCCCCCCCCCC(=O)NC(CO)C(O)/C=C/CCCCCCCCCCCCC. The van der Waals surface area contributed by atoms with Gasteiger partial charge in [-0.3, -0.25) is 9.59 Å². The second-order valence-electron chi connectivity index (χ2n) is 21.4. The van der Waals surface area contributed by atoms with Crippen molar-refractivity contribution in [1.82, 2.24) is 5.32 Å². The fourth-order valence-corrected chi connectivity index (χ4v) is 9.61. The van der Waals surface area contributed by atoms with Gasteiger partial charge in [0.25, 0.3) is 0 Å². The molecule has 0 aliphatic carbocycles. The Morgan fingerprint density at radius 1 is 0.400 bits per heavy atom. The lowest BCUT2D eigenvalue weighted by molar-refractivity contribution is -0.143. The zero-order valence-corrected chi connectivity index (χ0v) is 47.0. The molecule has 0 aromatic heterocycles. The molecule has 0 bridgehead atoms. The molecule has 1 amide bonds. The standard InChI is InChI=1S/C64H121NO5/c1-3-5-7-9-11-13-15-32-36-40-44-48-52-56-62(67)61(60-66)65-63(68)57-53-49-45-41-37-34-30-28-26-24-22-20-18-17-19-21-23-25-27-29-31-35-39-43-47-51-55-59-70-64(69)58-54-50-46-42-38-33-16-14-12-10-8-6-4-2/h8,10,14,16,52,56,61-62,66-67H,3-7,9,11-13,15,17-51,53-55,57-60H2,1-2H3,(H,65,68)/b10-8-,16-14-,56-52+. The van der Waals surface area contributed by atoms with Gasteiger partial charge in [0, 0.05) is 12.8 Å². The Bertz CT molecular complexity index is 1130. The van der Waals surface area contributed by atoms with Crippen LogP contribution in [0.2, 0.25) is 0 Å². The maximum atomic E-state index is 12.4. The van der Waals surface area contributed by atoms with Crippen LogP contribution in [0.25, 0.3) is 0 Å². The molecule has 0 aromatic rings. The van der Waals surface area contributed by atoms with Crippen molar-refractivity contribution in [2.45, 2.75) is 347 Å². The van der Waals surface area contributed by atoms with Crippen LogP contribution in [-0.4, -0.2) is 47.4 Å². The summed E-state index contributed by atoms with van der Waals surface area (Å²) in [6.07, 6.45) is 74.8. The quantitative estimate of drug-likeness (QED) is 0.0321. The summed E-state index contributed by atoms with van der Waals surface area (Å²) < 4.78 is 5.47. The van der Waals surface area contributed by atoms with Gasteiger partial charge in [-0.15, -0.1) is 0 Å². The fourth-order valence-electron chi connectivity index (χ4n) is 9.61. The number of ether oxygens (including phenoxy) is 1. The average molecular weight is 985 g/mol. The van der Waals surface area contributed by atoms with E-state index in [0.29, 0.717) is 19.4 Å². The van der Waals surface area contributed by atoms with E-state index < -0.39 is 12.1 Å². The zero-order chi connectivity index (χ0) is 50.7. The van der Waals surface area contributed by atoms with E-state index in [9.17, 15) is 19.8 Å². The smallest absolute Gasteiger partial charge is 0.305 e. The Kier molecular flexibility index (Phi) is 58.0. The van der Waals surface area contributed by atoms with Crippen molar-refractivity contribution in [1.29, 1.82) is 0 Å². The van der Waals surface area contributed by atoms with Crippen LogP contribution < -0.4 is 5.32 Å². The molecule has 70 heavy (non-hydrogen) atoms. The molecule has 2 atom stereocenters. The Labute approximate surface area is 436 Å². The van der Waals surface area contributed by atoms with E-state index in [1.807, 2.05) is 6.08 Å². The molecule has 0 fully saturated rings. The zero-order valence-electron chi connectivity index (χ0n) is 47.0. The van der Waals surface area contributed by atoms with E-state index in [1.54, 1.807) is 6.08 Å². The third-order valence-electron chi connectivity index (χ3n) is 14.4. The number of hydrogen-bond acceptors (Lipinski definition) is 5. The number of amides is 1. The fraction of sp³-hybridized carbons (Fsp3) is 0.875. The summed E-state index contributed by atoms with van der Waals surface area (Å²) in [6, 6.07) is -0.625. The molecular formula is C64H121NO5. The molecule has 2 unspecified atom stereocenters. The summed E-state index contributed by atoms with van der Waals surface area (Å²) in [5.41, 5.74) is 0. The van der Waals surface area contributed by atoms with Crippen molar-refractivity contribution in [3.63, 3.8) is 0 Å². The van der Waals surface area contributed by atoms with E-state index in [-0.39, 0.29) is 18.5 Å². The molecule has 0 spiro atoms. The largest absolute Gasteiger partial charge is 0.466 e. The predicted molar refractivity (Wildman–Crippen MR) is 306 cm³/mol. The topological polar surface area (TPSA) is 95.9 Å². The summed E-state index contributed by atoms with van der Waals surface area (Å²) in [5.74, 6) is -0.0627. The van der Waals surface area contributed by atoms with Crippen molar-refractivity contribution in [3.8, 4) is 0 Å². The number of aliphatic hydroxyl groups is 2. The maximum absolute atomic E-state index is 12.4. The van der Waals surface area contributed by atoms with Gasteiger partial charge in [-0.25, -0.2) is 0 Å². The Balaban J connectivity index is 3.36. The van der Waals surface area contributed by atoms with Crippen molar-refractivity contribution in [3.05, 3.63) is 36.5 Å². The highest BCUT2D eigenvalue weighted by molar-refractivity contribution is 5.76. The summed E-state index contributed by atoms with van der Waals surface area (Å²) in [5, 5.41) is 23.1. The predicted octanol–water partition coefficient (Wildman–Crippen LogP) is 19.6. The van der Waals surface area contributed by atoms with Crippen molar-refractivity contribution >= 4 is 11.9 Å². The molecule has 412 valence electrons. The third-order valence-corrected chi connectivity index (χ3v) is 14.4. The van der Waals surface area contributed by atoms with E-state index in [2.05, 4.69) is 43.5 Å². The first-order chi connectivity index (χ1) is 34.5. The first-order valence-electron chi connectivity index (χ1n) is 31.3. The van der Waals surface area contributed by atoms with Crippen LogP contribution in [0.5, 0.6) is 0 Å². The van der Waals surface area contributed by atoms with Gasteiger partial charge in [0.2, 0.25) is 5.91 Å².